The SMILES string of the molecule is CCCCCCCn1nnc(C(C)=O)c1-c1ccccc1. The minimum atomic E-state index is -0.0360. The first kappa shape index (κ1) is 15.4. The van der Waals surface area contributed by atoms with Crippen molar-refractivity contribution >= 4 is 5.78 Å². The predicted molar refractivity (Wildman–Crippen MR) is 84.2 cm³/mol. The van der Waals surface area contributed by atoms with Crippen LogP contribution in [0.4, 0.5) is 0 Å². The molecule has 0 amide bonds. The number of benzene rings is 1. The van der Waals surface area contributed by atoms with Crippen molar-refractivity contribution in [1.29, 1.82) is 0 Å². The summed E-state index contributed by atoms with van der Waals surface area (Å²) in [6, 6.07) is 9.91. The van der Waals surface area contributed by atoms with Crippen LogP contribution in [0, 0.1) is 0 Å². The smallest absolute Gasteiger partial charge is 0.182 e. The van der Waals surface area contributed by atoms with Crippen LogP contribution < -0.4 is 0 Å². The van der Waals surface area contributed by atoms with E-state index in [1.165, 1.54) is 25.7 Å². The molecule has 0 aliphatic heterocycles. The van der Waals surface area contributed by atoms with Gasteiger partial charge in [0, 0.05) is 19.0 Å². The minimum absolute atomic E-state index is 0.0360. The predicted octanol–water partition coefficient (Wildman–Crippen LogP) is 4.12. The summed E-state index contributed by atoms with van der Waals surface area (Å²) in [7, 11) is 0. The van der Waals surface area contributed by atoms with Gasteiger partial charge in [0.05, 0.1) is 5.69 Å². The van der Waals surface area contributed by atoms with Crippen molar-refractivity contribution in [2.24, 2.45) is 0 Å². The third kappa shape index (κ3) is 4.00. The number of aryl methyl sites for hydroxylation is 1. The Morgan fingerprint density at radius 2 is 1.81 bits per heavy atom. The van der Waals surface area contributed by atoms with E-state index in [0.717, 1.165) is 24.2 Å². The Labute approximate surface area is 126 Å². The van der Waals surface area contributed by atoms with Gasteiger partial charge in [-0.25, -0.2) is 4.68 Å². The molecule has 0 saturated carbocycles. The number of hydrogen-bond acceptors (Lipinski definition) is 3. The number of nitrogens with zero attached hydrogens (tertiary/aromatic N) is 3. The molecule has 21 heavy (non-hydrogen) atoms. The summed E-state index contributed by atoms with van der Waals surface area (Å²) in [5.74, 6) is -0.0360. The highest BCUT2D eigenvalue weighted by molar-refractivity contribution is 5.97. The molecule has 4 heteroatoms. The number of aromatic nitrogens is 3. The van der Waals surface area contributed by atoms with Crippen molar-refractivity contribution in [3.8, 4) is 11.3 Å². The molecule has 2 rings (SSSR count). The third-order valence-electron chi connectivity index (χ3n) is 3.59. The van der Waals surface area contributed by atoms with Crippen molar-refractivity contribution < 1.29 is 4.79 Å². The summed E-state index contributed by atoms with van der Waals surface area (Å²) in [5, 5.41) is 8.25. The summed E-state index contributed by atoms with van der Waals surface area (Å²) in [4.78, 5) is 11.8. The second-order valence-electron chi connectivity index (χ2n) is 5.35. The lowest BCUT2D eigenvalue weighted by atomic mass is 10.1. The molecule has 0 unspecified atom stereocenters. The van der Waals surface area contributed by atoms with Gasteiger partial charge in [0.1, 0.15) is 0 Å². The average molecular weight is 285 g/mol. The minimum Gasteiger partial charge on any atom is -0.293 e. The topological polar surface area (TPSA) is 47.8 Å². The van der Waals surface area contributed by atoms with Gasteiger partial charge in [-0.2, -0.15) is 0 Å². The first-order chi connectivity index (χ1) is 10.2. The van der Waals surface area contributed by atoms with E-state index in [1.807, 2.05) is 35.0 Å². The molecule has 4 nitrogen and oxygen atoms in total. The molecule has 0 radical (unpaired) electrons. The fourth-order valence-corrected chi connectivity index (χ4v) is 2.45. The zero-order valence-electron chi connectivity index (χ0n) is 12.9. The van der Waals surface area contributed by atoms with Gasteiger partial charge in [-0.05, 0) is 6.42 Å². The van der Waals surface area contributed by atoms with E-state index in [1.54, 1.807) is 6.92 Å². The van der Waals surface area contributed by atoms with E-state index in [-0.39, 0.29) is 5.78 Å². The Hall–Kier alpha value is -1.97. The second kappa shape index (κ2) is 7.72. The highest BCUT2D eigenvalue weighted by Gasteiger charge is 2.17. The molecule has 0 spiro atoms. The molecule has 0 atom stereocenters. The molecule has 112 valence electrons. The van der Waals surface area contributed by atoms with Crippen LogP contribution in [-0.2, 0) is 6.54 Å². The summed E-state index contributed by atoms with van der Waals surface area (Å²) in [6.45, 7) is 4.57. The van der Waals surface area contributed by atoms with Crippen LogP contribution in [0.2, 0.25) is 0 Å². The van der Waals surface area contributed by atoms with Gasteiger partial charge in [0.15, 0.2) is 11.5 Å². The molecule has 0 aliphatic rings. The highest BCUT2D eigenvalue weighted by Crippen LogP contribution is 2.23. The zero-order chi connectivity index (χ0) is 15.1. The number of carbonyl (C=O) groups excluding carboxylic acids is 1. The second-order valence-corrected chi connectivity index (χ2v) is 5.35. The van der Waals surface area contributed by atoms with Gasteiger partial charge >= 0.3 is 0 Å². The van der Waals surface area contributed by atoms with Gasteiger partial charge in [0.25, 0.3) is 0 Å². The van der Waals surface area contributed by atoms with Gasteiger partial charge in [0.2, 0.25) is 0 Å². The van der Waals surface area contributed by atoms with E-state index in [2.05, 4.69) is 17.2 Å². The lowest BCUT2D eigenvalue weighted by Gasteiger charge is -2.07. The molecule has 1 aromatic carbocycles. The lowest BCUT2D eigenvalue weighted by Crippen LogP contribution is -2.04. The van der Waals surface area contributed by atoms with Gasteiger partial charge < -0.3 is 0 Å². The molecule has 0 saturated heterocycles. The van der Waals surface area contributed by atoms with Crippen molar-refractivity contribution in [1.82, 2.24) is 15.0 Å². The Morgan fingerprint density at radius 3 is 2.48 bits per heavy atom. The first-order valence-corrected chi connectivity index (χ1v) is 7.74. The molecule has 1 aromatic heterocycles. The van der Waals surface area contributed by atoms with E-state index in [0.29, 0.717) is 5.69 Å². The number of rotatable bonds is 8. The van der Waals surface area contributed by atoms with E-state index in [9.17, 15) is 4.79 Å². The summed E-state index contributed by atoms with van der Waals surface area (Å²) in [5.41, 5.74) is 2.31. The van der Waals surface area contributed by atoms with E-state index >= 15 is 0 Å². The van der Waals surface area contributed by atoms with E-state index < -0.39 is 0 Å². The number of Topliss-reactive ketones (excluding diaryl/α,β-unsaturated/α-hetero) is 1. The number of carbonyl (C=O) groups is 1. The molecule has 2 aromatic rings. The molecular weight excluding hydrogens is 262 g/mol. The number of ketones is 1. The quantitative estimate of drug-likeness (QED) is 0.541. The largest absolute Gasteiger partial charge is 0.293 e. The van der Waals surface area contributed by atoms with Crippen LogP contribution in [0.5, 0.6) is 0 Å². The van der Waals surface area contributed by atoms with Crippen LogP contribution in [0.15, 0.2) is 30.3 Å². The van der Waals surface area contributed by atoms with Crippen LogP contribution in [0.1, 0.15) is 56.4 Å². The standard InChI is InChI=1S/C17H23N3O/c1-3-4-5-6-10-13-20-17(15-11-8-7-9-12-15)16(14(2)21)18-19-20/h7-9,11-12H,3-6,10,13H2,1-2H3. The van der Waals surface area contributed by atoms with Crippen molar-refractivity contribution in [3.05, 3.63) is 36.0 Å². The number of unbranched alkanes of at least 4 members (excludes halogenated alkanes) is 4. The summed E-state index contributed by atoms with van der Waals surface area (Å²) in [6.07, 6.45) is 6.04. The maximum atomic E-state index is 11.8. The van der Waals surface area contributed by atoms with Gasteiger partial charge in [-0.1, -0.05) is 68.2 Å². The van der Waals surface area contributed by atoms with Crippen LogP contribution in [0.3, 0.4) is 0 Å². The molecule has 1 heterocycles. The Balaban J connectivity index is 2.16. The van der Waals surface area contributed by atoms with Gasteiger partial charge in [-0.15, -0.1) is 5.10 Å². The van der Waals surface area contributed by atoms with Crippen LogP contribution in [-0.4, -0.2) is 20.8 Å². The monoisotopic (exact) mass is 285 g/mol. The van der Waals surface area contributed by atoms with Gasteiger partial charge in [-0.3, -0.25) is 4.79 Å². The molecule has 0 bridgehead atoms. The maximum Gasteiger partial charge on any atom is 0.182 e. The van der Waals surface area contributed by atoms with Crippen molar-refractivity contribution in [3.63, 3.8) is 0 Å². The Kier molecular flexibility index (Phi) is 5.67. The van der Waals surface area contributed by atoms with Crippen molar-refractivity contribution in [2.75, 3.05) is 0 Å². The molecular formula is C17H23N3O. The van der Waals surface area contributed by atoms with Crippen molar-refractivity contribution in [2.45, 2.75) is 52.5 Å². The lowest BCUT2D eigenvalue weighted by molar-refractivity contribution is 0.101. The summed E-state index contributed by atoms with van der Waals surface area (Å²) < 4.78 is 1.87. The molecule has 0 aliphatic carbocycles. The Bertz CT molecular complexity index is 575. The average Bonchev–Trinajstić information content (AvgIpc) is 2.92. The fourth-order valence-electron chi connectivity index (χ4n) is 2.45. The fraction of sp³-hybridized carbons (Fsp3) is 0.471. The maximum absolute atomic E-state index is 11.8. The van der Waals surface area contributed by atoms with Crippen LogP contribution in [0.25, 0.3) is 11.3 Å². The number of hydrogen-bond donors (Lipinski definition) is 0. The first-order valence-electron chi connectivity index (χ1n) is 7.74. The third-order valence-corrected chi connectivity index (χ3v) is 3.59. The molecule has 0 fully saturated rings. The highest BCUT2D eigenvalue weighted by atomic mass is 16.1. The summed E-state index contributed by atoms with van der Waals surface area (Å²) >= 11 is 0. The zero-order valence-corrected chi connectivity index (χ0v) is 12.9. The molecule has 0 N–H and O–H groups in total. The van der Waals surface area contributed by atoms with Crippen LogP contribution >= 0.6 is 0 Å². The normalized spacial score (nSPS) is 10.8. The Morgan fingerprint density at radius 1 is 1.10 bits per heavy atom. The van der Waals surface area contributed by atoms with E-state index in [4.69, 9.17) is 0 Å².